The van der Waals surface area contributed by atoms with E-state index >= 15 is 0 Å². The van der Waals surface area contributed by atoms with E-state index in [0.29, 0.717) is 39.5 Å². The summed E-state index contributed by atoms with van der Waals surface area (Å²) >= 11 is 0. The summed E-state index contributed by atoms with van der Waals surface area (Å²) in [6.07, 6.45) is 0. The minimum absolute atomic E-state index is 0.402. The molecule has 0 saturated heterocycles. The Balaban J connectivity index is 4.26. The maximum Gasteiger partial charge on any atom is 0.325 e. The molecule has 0 rings (SSSR count). The van der Waals surface area contributed by atoms with Crippen LogP contribution in [0, 0.1) is 0 Å². The van der Waals surface area contributed by atoms with Gasteiger partial charge in [0.25, 0.3) is 0 Å². The van der Waals surface area contributed by atoms with Gasteiger partial charge in [0.05, 0.1) is 13.2 Å². The second-order valence-electron chi connectivity index (χ2n) is 3.89. The van der Waals surface area contributed by atoms with E-state index in [9.17, 15) is 9.59 Å². The van der Waals surface area contributed by atoms with Crippen molar-refractivity contribution in [2.45, 2.75) is 26.8 Å². The predicted molar refractivity (Wildman–Crippen MR) is 70.2 cm³/mol. The van der Waals surface area contributed by atoms with Crippen molar-refractivity contribution in [3.05, 3.63) is 0 Å². The molecule has 0 aromatic rings. The van der Waals surface area contributed by atoms with Gasteiger partial charge >= 0.3 is 12.0 Å². The highest BCUT2D eigenvalue weighted by Crippen LogP contribution is 1.94. The van der Waals surface area contributed by atoms with Crippen molar-refractivity contribution in [2.24, 2.45) is 0 Å². The lowest BCUT2D eigenvalue weighted by molar-refractivity contribution is -0.138. The van der Waals surface area contributed by atoms with Crippen molar-refractivity contribution >= 4 is 12.0 Å². The van der Waals surface area contributed by atoms with E-state index in [4.69, 9.17) is 14.6 Å². The fourth-order valence-corrected chi connectivity index (χ4v) is 1.29. The van der Waals surface area contributed by atoms with Gasteiger partial charge in [0.1, 0.15) is 6.04 Å². The Hall–Kier alpha value is -1.34. The number of carbonyl (C=O) groups excluding carboxylic acids is 1. The van der Waals surface area contributed by atoms with Crippen LogP contribution >= 0.6 is 0 Å². The van der Waals surface area contributed by atoms with Crippen LogP contribution in [-0.4, -0.2) is 67.6 Å². The van der Waals surface area contributed by atoms with Crippen LogP contribution in [0.15, 0.2) is 0 Å². The van der Waals surface area contributed by atoms with Crippen LogP contribution in [0.1, 0.15) is 20.8 Å². The first-order valence-electron chi connectivity index (χ1n) is 6.46. The van der Waals surface area contributed by atoms with Gasteiger partial charge in [-0.25, -0.2) is 4.79 Å². The second kappa shape index (κ2) is 10.6. The summed E-state index contributed by atoms with van der Waals surface area (Å²) in [5, 5.41) is 11.2. The Morgan fingerprint density at radius 2 is 1.63 bits per heavy atom. The van der Waals surface area contributed by atoms with Crippen LogP contribution in [0.2, 0.25) is 0 Å². The lowest BCUT2D eigenvalue weighted by atomic mass is 10.3. The van der Waals surface area contributed by atoms with E-state index in [0.717, 1.165) is 0 Å². The van der Waals surface area contributed by atoms with Gasteiger partial charge in [-0.2, -0.15) is 0 Å². The smallest absolute Gasteiger partial charge is 0.325 e. The van der Waals surface area contributed by atoms with Gasteiger partial charge in [-0.15, -0.1) is 0 Å². The molecule has 7 nitrogen and oxygen atoms in total. The standard InChI is InChI=1S/C12H24N2O5/c1-4-18-8-6-14(7-9-19-5-2)12(17)13-10(3)11(15)16/h10H,4-9H2,1-3H3,(H,13,17)(H,15,16). The number of carboxylic acid groups (broad SMARTS) is 1. The summed E-state index contributed by atoms with van der Waals surface area (Å²) in [5.41, 5.74) is 0. The summed E-state index contributed by atoms with van der Waals surface area (Å²) in [5.74, 6) is -1.07. The Kier molecular flexibility index (Phi) is 9.82. The third-order valence-electron chi connectivity index (χ3n) is 2.42. The van der Waals surface area contributed by atoms with Gasteiger partial charge in [0.15, 0.2) is 0 Å². The topological polar surface area (TPSA) is 88.1 Å². The number of ether oxygens (including phenoxy) is 2. The molecule has 1 unspecified atom stereocenters. The van der Waals surface area contributed by atoms with E-state index < -0.39 is 18.0 Å². The Bertz CT molecular complexity index is 263. The molecule has 19 heavy (non-hydrogen) atoms. The summed E-state index contributed by atoms with van der Waals surface area (Å²) < 4.78 is 10.4. The largest absolute Gasteiger partial charge is 0.480 e. The third kappa shape index (κ3) is 8.39. The quantitative estimate of drug-likeness (QED) is 0.569. The van der Waals surface area contributed by atoms with Crippen molar-refractivity contribution < 1.29 is 24.2 Å². The molecule has 0 aromatic heterocycles. The first kappa shape index (κ1) is 17.7. The van der Waals surface area contributed by atoms with Crippen molar-refractivity contribution in [3.8, 4) is 0 Å². The van der Waals surface area contributed by atoms with Crippen LogP contribution in [-0.2, 0) is 14.3 Å². The van der Waals surface area contributed by atoms with E-state index in [1.165, 1.54) is 11.8 Å². The molecule has 0 spiro atoms. The predicted octanol–water partition coefficient (Wildman–Crippen LogP) is 0.544. The molecule has 1 atom stereocenters. The van der Waals surface area contributed by atoms with Crippen LogP contribution < -0.4 is 5.32 Å². The maximum atomic E-state index is 11.9. The third-order valence-corrected chi connectivity index (χ3v) is 2.42. The number of carbonyl (C=O) groups is 2. The molecule has 0 saturated carbocycles. The highest BCUT2D eigenvalue weighted by atomic mass is 16.5. The number of aliphatic carboxylic acids is 1. The van der Waals surface area contributed by atoms with E-state index in [1.54, 1.807) is 0 Å². The van der Waals surface area contributed by atoms with Gasteiger partial charge in [0, 0.05) is 26.3 Å². The average molecular weight is 276 g/mol. The summed E-state index contributed by atoms with van der Waals surface area (Å²) in [7, 11) is 0. The molecule has 2 amide bonds. The zero-order valence-corrected chi connectivity index (χ0v) is 11.8. The lowest BCUT2D eigenvalue weighted by Gasteiger charge is -2.24. The van der Waals surface area contributed by atoms with Gasteiger partial charge in [0.2, 0.25) is 0 Å². The fraction of sp³-hybridized carbons (Fsp3) is 0.833. The maximum absolute atomic E-state index is 11.9. The molecule has 0 aromatic carbocycles. The molecular formula is C12H24N2O5. The number of nitrogens with one attached hydrogen (secondary N) is 1. The number of urea groups is 1. The SMILES string of the molecule is CCOCCN(CCOCC)C(=O)NC(C)C(=O)O. The minimum Gasteiger partial charge on any atom is -0.480 e. The number of hydrogen-bond donors (Lipinski definition) is 2. The molecule has 0 bridgehead atoms. The second-order valence-corrected chi connectivity index (χ2v) is 3.89. The molecular weight excluding hydrogens is 252 g/mol. The molecule has 112 valence electrons. The number of amides is 2. The first-order valence-corrected chi connectivity index (χ1v) is 6.46. The van der Waals surface area contributed by atoms with Crippen molar-refractivity contribution in [2.75, 3.05) is 39.5 Å². The lowest BCUT2D eigenvalue weighted by Crippen LogP contribution is -2.48. The van der Waals surface area contributed by atoms with E-state index in [2.05, 4.69) is 5.32 Å². The number of rotatable bonds is 10. The summed E-state index contributed by atoms with van der Waals surface area (Å²) in [6, 6.07) is -1.34. The number of nitrogens with zero attached hydrogens (tertiary/aromatic N) is 1. The molecule has 7 heteroatoms. The molecule has 2 N–H and O–H groups in total. The molecule has 0 heterocycles. The monoisotopic (exact) mass is 276 g/mol. The van der Waals surface area contributed by atoms with Crippen LogP contribution in [0.25, 0.3) is 0 Å². The Labute approximate surface area is 113 Å². The number of hydrogen-bond acceptors (Lipinski definition) is 4. The zero-order valence-electron chi connectivity index (χ0n) is 11.8. The number of carboxylic acids is 1. The van der Waals surface area contributed by atoms with Crippen LogP contribution in [0.5, 0.6) is 0 Å². The molecule has 0 radical (unpaired) electrons. The van der Waals surface area contributed by atoms with Gasteiger partial charge < -0.3 is 24.8 Å². The normalized spacial score (nSPS) is 11.9. The molecule has 0 aliphatic carbocycles. The molecule has 0 aliphatic rings. The first-order chi connectivity index (χ1) is 9.02. The van der Waals surface area contributed by atoms with Crippen LogP contribution in [0.4, 0.5) is 4.79 Å². The van der Waals surface area contributed by atoms with Gasteiger partial charge in [-0.1, -0.05) is 0 Å². The highest BCUT2D eigenvalue weighted by molar-refractivity contribution is 5.82. The summed E-state index contributed by atoms with van der Waals surface area (Å²) in [4.78, 5) is 24.1. The van der Waals surface area contributed by atoms with Crippen molar-refractivity contribution in [1.29, 1.82) is 0 Å². The summed E-state index contributed by atoms with van der Waals surface area (Å²) in [6.45, 7) is 7.95. The highest BCUT2D eigenvalue weighted by Gasteiger charge is 2.18. The van der Waals surface area contributed by atoms with Crippen molar-refractivity contribution in [3.63, 3.8) is 0 Å². The Morgan fingerprint density at radius 3 is 2.00 bits per heavy atom. The van der Waals surface area contributed by atoms with Crippen molar-refractivity contribution in [1.82, 2.24) is 10.2 Å². The van der Waals surface area contributed by atoms with Crippen LogP contribution in [0.3, 0.4) is 0 Å². The Morgan fingerprint density at radius 1 is 1.16 bits per heavy atom. The molecule has 0 fully saturated rings. The average Bonchev–Trinajstić information content (AvgIpc) is 2.37. The fourth-order valence-electron chi connectivity index (χ4n) is 1.29. The van der Waals surface area contributed by atoms with Gasteiger partial charge in [-0.05, 0) is 20.8 Å². The van der Waals surface area contributed by atoms with E-state index in [1.807, 2.05) is 13.8 Å². The van der Waals surface area contributed by atoms with Gasteiger partial charge in [-0.3, -0.25) is 4.79 Å². The molecule has 0 aliphatic heterocycles. The van der Waals surface area contributed by atoms with E-state index in [-0.39, 0.29) is 0 Å². The minimum atomic E-state index is -1.07. The zero-order chi connectivity index (χ0) is 14.7.